The molecule has 0 saturated heterocycles. The molecule has 0 aromatic heterocycles. The molecule has 114 valence electrons. The maximum atomic E-state index is 15.0. The summed E-state index contributed by atoms with van der Waals surface area (Å²) >= 11 is 11.9. The fourth-order valence-electron chi connectivity index (χ4n) is 2.67. The summed E-state index contributed by atoms with van der Waals surface area (Å²) in [6.45, 7) is 0. The van der Waals surface area contributed by atoms with Gasteiger partial charge in [-0.15, -0.1) is 0 Å². The number of rotatable bonds is 3. The Balaban J connectivity index is 1.84. The Morgan fingerprint density at radius 3 is 2.45 bits per heavy atom. The van der Waals surface area contributed by atoms with Gasteiger partial charge in [-0.1, -0.05) is 41.4 Å². The summed E-state index contributed by atoms with van der Waals surface area (Å²) in [5.74, 6) is -0.678. The second-order valence-electron chi connectivity index (χ2n) is 5.36. The lowest BCUT2D eigenvalue weighted by Crippen LogP contribution is -2.05. The molecule has 2 aromatic rings. The number of methoxy groups -OCH3 is 1. The van der Waals surface area contributed by atoms with Crippen molar-refractivity contribution in [2.45, 2.75) is 18.0 Å². The molecule has 1 fully saturated rings. The van der Waals surface area contributed by atoms with Gasteiger partial charge in [-0.25, -0.2) is 9.18 Å². The van der Waals surface area contributed by atoms with Gasteiger partial charge in [-0.3, -0.25) is 0 Å². The van der Waals surface area contributed by atoms with Crippen molar-refractivity contribution in [3.63, 3.8) is 0 Å². The van der Waals surface area contributed by atoms with Gasteiger partial charge in [0.25, 0.3) is 0 Å². The van der Waals surface area contributed by atoms with Gasteiger partial charge in [0.15, 0.2) is 0 Å². The van der Waals surface area contributed by atoms with Gasteiger partial charge in [-0.2, -0.15) is 0 Å². The van der Waals surface area contributed by atoms with E-state index in [9.17, 15) is 4.79 Å². The minimum atomic E-state index is -1.42. The minimum Gasteiger partial charge on any atom is -0.465 e. The first-order chi connectivity index (χ1) is 10.5. The standard InChI is InChI=1S/C17H13Cl2FO2/c1-22-16(21)10-2-5-12(6-3-10)17(20)9-13(17)11-4-7-14(18)15(19)8-11/h2-8,13H,9H2,1H3. The first-order valence-electron chi connectivity index (χ1n) is 6.78. The molecule has 1 aliphatic rings. The van der Waals surface area contributed by atoms with Crippen molar-refractivity contribution in [2.75, 3.05) is 7.11 Å². The molecule has 0 N–H and O–H groups in total. The van der Waals surface area contributed by atoms with Gasteiger partial charge in [0.1, 0.15) is 5.67 Å². The van der Waals surface area contributed by atoms with Crippen LogP contribution in [-0.2, 0) is 10.4 Å². The molecule has 0 aliphatic heterocycles. The molecule has 2 aromatic carbocycles. The highest BCUT2D eigenvalue weighted by molar-refractivity contribution is 6.42. The van der Waals surface area contributed by atoms with E-state index in [1.807, 2.05) is 0 Å². The number of halogens is 3. The molecule has 22 heavy (non-hydrogen) atoms. The van der Waals surface area contributed by atoms with E-state index >= 15 is 4.39 Å². The van der Waals surface area contributed by atoms with E-state index in [4.69, 9.17) is 23.2 Å². The summed E-state index contributed by atoms with van der Waals surface area (Å²) in [5, 5.41) is 0.882. The highest BCUT2D eigenvalue weighted by Gasteiger charge is 2.57. The summed E-state index contributed by atoms with van der Waals surface area (Å²) in [5.41, 5.74) is 0.359. The van der Waals surface area contributed by atoms with Gasteiger partial charge in [-0.05, 0) is 41.8 Å². The molecule has 0 radical (unpaired) electrons. The minimum absolute atomic E-state index is 0.244. The zero-order valence-corrected chi connectivity index (χ0v) is 13.3. The van der Waals surface area contributed by atoms with Crippen LogP contribution in [-0.4, -0.2) is 13.1 Å². The Hall–Kier alpha value is -1.58. The average Bonchev–Trinajstić information content (AvgIpc) is 3.23. The molecule has 0 amide bonds. The zero-order chi connectivity index (χ0) is 15.9. The summed E-state index contributed by atoms with van der Waals surface area (Å²) in [7, 11) is 1.31. The first-order valence-corrected chi connectivity index (χ1v) is 7.54. The monoisotopic (exact) mass is 338 g/mol. The van der Waals surface area contributed by atoms with E-state index in [-0.39, 0.29) is 5.92 Å². The van der Waals surface area contributed by atoms with E-state index in [0.717, 1.165) is 5.56 Å². The largest absolute Gasteiger partial charge is 0.465 e. The Kier molecular flexibility index (Phi) is 3.87. The van der Waals surface area contributed by atoms with Crippen LogP contribution in [0.15, 0.2) is 42.5 Å². The van der Waals surface area contributed by atoms with E-state index in [1.54, 1.807) is 42.5 Å². The molecular weight excluding hydrogens is 326 g/mol. The highest BCUT2D eigenvalue weighted by Crippen LogP contribution is 2.61. The lowest BCUT2D eigenvalue weighted by molar-refractivity contribution is 0.0600. The topological polar surface area (TPSA) is 26.3 Å². The van der Waals surface area contributed by atoms with Gasteiger partial charge in [0.05, 0.1) is 22.7 Å². The van der Waals surface area contributed by atoms with Crippen LogP contribution in [0.2, 0.25) is 10.0 Å². The Morgan fingerprint density at radius 1 is 1.18 bits per heavy atom. The number of hydrogen-bond acceptors (Lipinski definition) is 2. The number of benzene rings is 2. The molecule has 3 rings (SSSR count). The lowest BCUT2D eigenvalue weighted by atomic mass is 10.0. The Labute approximate surface area is 137 Å². The SMILES string of the molecule is COC(=O)c1ccc(C2(F)CC2c2ccc(Cl)c(Cl)c2)cc1. The van der Waals surface area contributed by atoms with Crippen LogP contribution in [0, 0.1) is 0 Å². The average molecular weight is 339 g/mol. The maximum Gasteiger partial charge on any atom is 0.337 e. The number of hydrogen-bond donors (Lipinski definition) is 0. The van der Waals surface area contributed by atoms with Crippen LogP contribution < -0.4 is 0 Å². The summed E-state index contributed by atoms with van der Waals surface area (Å²) < 4.78 is 19.7. The molecule has 1 saturated carbocycles. The predicted octanol–water partition coefficient (Wildman–Crippen LogP) is 5.13. The van der Waals surface area contributed by atoms with Crippen molar-refractivity contribution in [3.05, 3.63) is 69.2 Å². The van der Waals surface area contributed by atoms with Crippen LogP contribution >= 0.6 is 23.2 Å². The quantitative estimate of drug-likeness (QED) is 0.725. The summed E-state index contributed by atoms with van der Waals surface area (Å²) in [6.07, 6.45) is 0.391. The van der Waals surface area contributed by atoms with Crippen molar-refractivity contribution < 1.29 is 13.9 Å². The van der Waals surface area contributed by atoms with Gasteiger partial charge in [0, 0.05) is 5.92 Å². The molecule has 2 nitrogen and oxygen atoms in total. The molecule has 0 bridgehead atoms. The fraction of sp³-hybridized carbons (Fsp3) is 0.235. The molecule has 0 heterocycles. The first kappa shape index (κ1) is 15.3. The number of ether oxygens (including phenoxy) is 1. The van der Waals surface area contributed by atoms with E-state index in [2.05, 4.69) is 4.74 Å². The normalized spacial score (nSPS) is 23.2. The third-order valence-corrected chi connectivity index (χ3v) is 4.76. The van der Waals surface area contributed by atoms with E-state index in [1.165, 1.54) is 7.11 Å². The highest BCUT2D eigenvalue weighted by atomic mass is 35.5. The van der Waals surface area contributed by atoms with E-state index < -0.39 is 11.6 Å². The summed E-state index contributed by atoms with van der Waals surface area (Å²) in [6, 6.07) is 11.6. The van der Waals surface area contributed by atoms with Crippen LogP contribution in [0.1, 0.15) is 33.8 Å². The van der Waals surface area contributed by atoms with Gasteiger partial charge < -0.3 is 4.74 Å². The van der Waals surface area contributed by atoms with Crippen molar-refractivity contribution >= 4 is 29.2 Å². The molecule has 2 unspecified atom stereocenters. The number of alkyl halides is 1. The number of carbonyl (C=O) groups excluding carboxylic acids is 1. The third-order valence-electron chi connectivity index (χ3n) is 4.03. The molecule has 1 aliphatic carbocycles. The Morgan fingerprint density at radius 2 is 1.86 bits per heavy atom. The second kappa shape index (κ2) is 5.56. The van der Waals surface area contributed by atoms with Crippen LogP contribution in [0.25, 0.3) is 0 Å². The predicted molar refractivity (Wildman–Crippen MR) is 84.4 cm³/mol. The molecule has 0 spiro atoms. The molecule has 5 heteroatoms. The van der Waals surface area contributed by atoms with Crippen LogP contribution in [0.3, 0.4) is 0 Å². The van der Waals surface area contributed by atoms with Crippen LogP contribution in [0.4, 0.5) is 4.39 Å². The van der Waals surface area contributed by atoms with Crippen LogP contribution in [0.5, 0.6) is 0 Å². The second-order valence-corrected chi connectivity index (χ2v) is 6.18. The van der Waals surface area contributed by atoms with Crippen molar-refractivity contribution in [1.82, 2.24) is 0 Å². The Bertz CT molecular complexity index is 730. The van der Waals surface area contributed by atoms with E-state index in [0.29, 0.717) is 27.6 Å². The third kappa shape index (κ3) is 2.59. The molecular formula is C17H13Cl2FO2. The van der Waals surface area contributed by atoms with Gasteiger partial charge in [0.2, 0.25) is 0 Å². The summed E-state index contributed by atoms with van der Waals surface area (Å²) in [4.78, 5) is 11.4. The number of esters is 1. The smallest absolute Gasteiger partial charge is 0.337 e. The lowest BCUT2D eigenvalue weighted by Gasteiger charge is -2.10. The molecule has 2 atom stereocenters. The van der Waals surface area contributed by atoms with Crippen molar-refractivity contribution in [1.29, 1.82) is 0 Å². The zero-order valence-electron chi connectivity index (χ0n) is 11.8. The van der Waals surface area contributed by atoms with Gasteiger partial charge >= 0.3 is 5.97 Å². The number of carbonyl (C=O) groups is 1. The van der Waals surface area contributed by atoms with Crippen molar-refractivity contribution in [2.24, 2.45) is 0 Å². The maximum absolute atomic E-state index is 15.0. The van der Waals surface area contributed by atoms with Crippen molar-refractivity contribution in [3.8, 4) is 0 Å². The fourth-order valence-corrected chi connectivity index (χ4v) is 2.98.